The van der Waals surface area contributed by atoms with Crippen molar-refractivity contribution in [3.05, 3.63) is 45.7 Å². The predicted molar refractivity (Wildman–Crippen MR) is 114 cm³/mol. The van der Waals surface area contributed by atoms with Crippen molar-refractivity contribution < 1.29 is 15.0 Å². The topological polar surface area (TPSA) is 120 Å². The molecule has 0 radical (unpaired) electrons. The summed E-state index contributed by atoms with van der Waals surface area (Å²) >= 11 is 0. The van der Waals surface area contributed by atoms with Gasteiger partial charge in [0.2, 0.25) is 0 Å². The molecule has 0 unspecified atom stereocenters. The monoisotopic (exact) mass is 419 g/mol. The lowest BCUT2D eigenvalue weighted by molar-refractivity contribution is 0.0691. The molecule has 0 bridgehead atoms. The smallest absolute Gasteiger partial charge is 0.345 e. The number of benzene rings is 1. The molecule has 1 aliphatic heterocycles. The third kappa shape index (κ3) is 3.60. The van der Waals surface area contributed by atoms with Gasteiger partial charge in [-0.1, -0.05) is 19.1 Å². The molecule has 1 saturated carbocycles. The van der Waals surface area contributed by atoms with Gasteiger partial charge in [-0.15, -0.1) is 12.4 Å². The van der Waals surface area contributed by atoms with Crippen LogP contribution in [0.2, 0.25) is 0 Å². The Kier molecular flexibility index (Phi) is 5.91. The van der Waals surface area contributed by atoms with Crippen molar-refractivity contribution in [2.75, 3.05) is 18.0 Å². The first-order valence-electron chi connectivity index (χ1n) is 9.73. The number of nitrogens with two attached hydrogens (primary N) is 1. The minimum atomic E-state index is -1.44. The van der Waals surface area contributed by atoms with Gasteiger partial charge >= 0.3 is 5.97 Å². The predicted octanol–water partition coefficient (Wildman–Crippen LogP) is 2.60. The van der Waals surface area contributed by atoms with Crippen LogP contribution >= 0.6 is 12.4 Å². The van der Waals surface area contributed by atoms with Gasteiger partial charge in [-0.05, 0) is 48.8 Å². The summed E-state index contributed by atoms with van der Waals surface area (Å²) in [6.45, 7) is 3.79. The largest absolute Gasteiger partial charge is 0.506 e. The van der Waals surface area contributed by atoms with E-state index in [4.69, 9.17) is 5.73 Å². The van der Waals surface area contributed by atoms with Gasteiger partial charge < -0.3 is 25.8 Å². The highest BCUT2D eigenvalue weighted by molar-refractivity contribution is 5.92. The molecule has 1 aromatic heterocycles. The van der Waals surface area contributed by atoms with E-state index in [1.54, 1.807) is 0 Å². The summed E-state index contributed by atoms with van der Waals surface area (Å²) < 4.78 is 0. The Morgan fingerprint density at radius 2 is 1.93 bits per heavy atom. The number of nitrogens with one attached hydrogen (secondary N) is 1. The summed E-state index contributed by atoms with van der Waals surface area (Å²) in [5.74, 6) is -0.672. The zero-order valence-corrected chi connectivity index (χ0v) is 17.0. The minimum Gasteiger partial charge on any atom is -0.506 e. The Balaban J connectivity index is 0.00000240. The van der Waals surface area contributed by atoms with Crippen molar-refractivity contribution in [1.82, 2.24) is 4.98 Å². The van der Waals surface area contributed by atoms with Crippen LogP contribution in [0.15, 0.2) is 29.1 Å². The summed E-state index contributed by atoms with van der Waals surface area (Å²) in [7, 11) is 0. The molecule has 1 aliphatic carbocycles. The van der Waals surface area contributed by atoms with E-state index in [9.17, 15) is 19.8 Å². The normalized spacial score (nSPS) is 23.0. The second kappa shape index (κ2) is 8.08. The average molecular weight is 420 g/mol. The summed E-state index contributed by atoms with van der Waals surface area (Å²) in [6, 6.07) is 8.09. The van der Waals surface area contributed by atoms with Crippen LogP contribution in [0.1, 0.15) is 35.7 Å². The Morgan fingerprint density at radius 1 is 1.24 bits per heavy atom. The second-order valence-corrected chi connectivity index (χ2v) is 7.81. The molecule has 7 nitrogen and oxygen atoms in total. The molecule has 156 valence electrons. The number of carboxylic acid groups (broad SMARTS) is 1. The fourth-order valence-electron chi connectivity index (χ4n) is 4.77. The van der Waals surface area contributed by atoms with Crippen LogP contribution in [0.25, 0.3) is 11.3 Å². The van der Waals surface area contributed by atoms with Gasteiger partial charge in [0.15, 0.2) is 5.56 Å². The number of rotatable bonds is 4. The minimum absolute atomic E-state index is 0. The van der Waals surface area contributed by atoms with Crippen LogP contribution in [0.5, 0.6) is 5.75 Å². The van der Waals surface area contributed by atoms with Gasteiger partial charge in [0.25, 0.3) is 5.56 Å². The van der Waals surface area contributed by atoms with Crippen LogP contribution in [0, 0.1) is 11.8 Å². The molecule has 0 spiro atoms. The molecule has 0 amide bonds. The number of aromatic amines is 1. The molecule has 2 aromatic rings. The average Bonchev–Trinajstić information content (AvgIpc) is 3.23. The third-order valence-corrected chi connectivity index (χ3v) is 6.29. The van der Waals surface area contributed by atoms with Gasteiger partial charge in [0, 0.05) is 30.4 Å². The lowest BCUT2D eigenvalue weighted by Gasteiger charge is -2.21. The SMILES string of the molecule is CCc1c(-c2ccc(N3C[C@H]4CC[C@@H](N)[C@H]4C3)cc2)[nH]c(=O)c(C(=O)O)c1O.Cl. The van der Waals surface area contributed by atoms with Crippen molar-refractivity contribution >= 4 is 24.1 Å². The van der Waals surface area contributed by atoms with Crippen LogP contribution in [0.4, 0.5) is 5.69 Å². The van der Waals surface area contributed by atoms with E-state index in [1.165, 1.54) is 6.42 Å². The van der Waals surface area contributed by atoms with Crippen LogP contribution in [0.3, 0.4) is 0 Å². The van der Waals surface area contributed by atoms with E-state index in [2.05, 4.69) is 9.88 Å². The number of aromatic carboxylic acids is 1. The van der Waals surface area contributed by atoms with Crippen LogP contribution in [-0.4, -0.2) is 40.3 Å². The maximum atomic E-state index is 12.1. The number of aromatic nitrogens is 1. The van der Waals surface area contributed by atoms with Crippen molar-refractivity contribution in [3.63, 3.8) is 0 Å². The highest BCUT2D eigenvalue weighted by Crippen LogP contribution is 2.39. The quantitative estimate of drug-likeness (QED) is 0.604. The lowest BCUT2D eigenvalue weighted by Crippen LogP contribution is -2.30. The first-order chi connectivity index (χ1) is 13.4. The molecule has 2 heterocycles. The standard InChI is InChI=1S/C21H25N3O4.ClH/c1-2-14-18(23-20(26)17(19(14)25)21(27)28)11-3-6-13(7-4-11)24-9-12-5-8-16(22)15(12)10-24;/h3-4,6-7,12,15-16H,2,5,8-10,22H2,1H3,(H,27,28)(H2,23,25,26);1H/t12-,15+,16-;/m1./s1. The molecular formula is C21H26ClN3O4. The first kappa shape index (κ1) is 21.2. The summed E-state index contributed by atoms with van der Waals surface area (Å²) in [5.41, 5.74) is 7.54. The zero-order chi connectivity index (χ0) is 20.0. The van der Waals surface area contributed by atoms with Crippen molar-refractivity contribution in [2.45, 2.75) is 32.2 Å². The van der Waals surface area contributed by atoms with E-state index in [0.29, 0.717) is 35.6 Å². The number of carbonyl (C=O) groups is 1. The van der Waals surface area contributed by atoms with Crippen LogP contribution < -0.4 is 16.2 Å². The Hall–Kier alpha value is -2.51. The lowest BCUT2D eigenvalue weighted by atomic mass is 9.98. The summed E-state index contributed by atoms with van der Waals surface area (Å²) in [5, 5.41) is 19.5. The molecule has 2 fully saturated rings. The number of aromatic hydroxyl groups is 1. The number of fused-ring (bicyclic) bond motifs is 1. The van der Waals surface area contributed by atoms with Gasteiger partial charge in [-0.25, -0.2) is 4.79 Å². The molecule has 29 heavy (non-hydrogen) atoms. The number of hydrogen-bond acceptors (Lipinski definition) is 5. The molecule has 4 rings (SSSR count). The van der Waals surface area contributed by atoms with Gasteiger partial charge in [0.05, 0.1) is 5.69 Å². The fourth-order valence-corrected chi connectivity index (χ4v) is 4.77. The molecular weight excluding hydrogens is 394 g/mol. The van der Waals surface area contributed by atoms with Gasteiger partial charge in [-0.3, -0.25) is 4.79 Å². The summed E-state index contributed by atoms with van der Waals surface area (Å²) in [6.07, 6.45) is 2.70. The number of carboxylic acids is 1. The number of nitrogens with zero attached hydrogens (tertiary/aromatic N) is 1. The molecule has 3 atom stereocenters. The molecule has 1 saturated heterocycles. The number of halogens is 1. The maximum Gasteiger partial charge on any atom is 0.345 e. The highest BCUT2D eigenvalue weighted by atomic mass is 35.5. The van der Waals surface area contributed by atoms with E-state index >= 15 is 0 Å². The van der Waals surface area contributed by atoms with Gasteiger partial charge in [0.1, 0.15) is 5.75 Å². The van der Waals surface area contributed by atoms with Crippen molar-refractivity contribution in [2.24, 2.45) is 17.6 Å². The highest BCUT2D eigenvalue weighted by Gasteiger charge is 2.40. The van der Waals surface area contributed by atoms with Gasteiger partial charge in [-0.2, -0.15) is 0 Å². The zero-order valence-electron chi connectivity index (χ0n) is 16.2. The number of hydrogen-bond donors (Lipinski definition) is 4. The first-order valence-corrected chi connectivity index (χ1v) is 9.73. The summed E-state index contributed by atoms with van der Waals surface area (Å²) in [4.78, 5) is 28.4. The number of H-pyrrole nitrogens is 1. The number of pyridine rings is 1. The van der Waals surface area contributed by atoms with Crippen LogP contribution in [-0.2, 0) is 6.42 Å². The fraction of sp³-hybridized carbons (Fsp3) is 0.429. The van der Waals surface area contributed by atoms with E-state index in [0.717, 1.165) is 30.8 Å². The van der Waals surface area contributed by atoms with Crippen molar-refractivity contribution in [3.8, 4) is 17.0 Å². The van der Waals surface area contributed by atoms with Crippen molar-refractivity contribution in [1.29, 1.82) is 0 Å². The maximum absolute atomic E-state index is 12.1. The molecule has 2 aliphatic rings. The van der Waals surface area contributed by atoms with E-state index in [1.807, 2.05) is 31.2 Å². The Bertz CT molecular complexity index is 973. The van der Waals surface area contributed by atoms with E-state index in [-0.39, 0.29) is 12.4 Å². The molecule has 5 N–H and O–H groups in total. The third-order valence-electron chi connectivity index (χ3n) is 6.29. The second-order valence-electron chi connectivity index (χ2n) is 7.81. The number of anilines is 1. The van der Waals surface area contributed by atoms with E-state index < -0.39 is 22.8 Å². The Morgan fingerprint density at radius 3 is 2.52 bits per heavy atom. The molecule has 8 heteroatoms. The Labute approximate surface area is 175 Å². The molecule has 1 aromatic carbocycles.